The van der Waals surface area contributed by atoms with E-state index in [0.29, 0.717) is 24.1 Å². The van der Waals surface area contributed by atoms with Crippen LogP contribution in [-0.4, -0.2) is 75.6 Å². The van der Waals surface area contributed by atoms with Crippen molar-refractivity contribution in [3.8, 4) is 0 Å². The topological polar surface area (TPSA) is 91.3 Å². The number of carbonyl (C=O) groups is 1. The van der Waals surface area contributed by atoms with Gasteiger partial charge >= 0.3 is 13.8 Å². The van der Waals surface area contributed by atoms with Gasteiger partial charge in [-0.3, -0.25) is 13.8 Å². The minimum Gasteiger partial charge on any atom is -0.457 e. The van der Waals surface area contributed by atoms with Gasteiger partial charge in [0.25, 0.3) is 0 Å². The first kappa shape index (κ1) is 58.2. The molecule has 1 N–H and O–H groups in total. The summed E-state index contributed by atoms with van der Waals surface area (Å²) in [5.74, 6) is -0.368. The average molecular weight is 865 g/mol. The third kappa shape index (κ3) is 47.3. The van der Waals surface area contributed by atoms with Gasteiger partial charge in [0, 0.05) is 13.0 Å². The molecule has 0 aromatic heterocycles. The summed E-state index contributed by atoms with van der Waals surface area (Å²) in [4.78, 5) is 22.9. The SMILES string of the molecule is CC/C=C\C/C=C\C/C=C\C/C=C\C/C=C\CCCC(=O)OC(COCCCCCCCCCCCCCCCCCCCCCCC)COP(=O)(O)OCC[N+](C)(C)C. The molecule has 8 nitrogen and oxygen atoms in total. The van der Waals surface area contributed by atoms with Crippen molar-refractivity contribution in [2.75, 3.05) is 54.1 Å². The van der Waals surface area contributed by atoms with Crippen molar-refractivity contribution in [2.24, 2.45) is 0 Å². The number of likely N-dealkylation sites (N-methyl/N-ethyl adjacent to an activating group) is 1. The van der Waals surface area contributed by atoms with Crippen LogP contribution in [0.2, 0.25) is 0 Å². The number of rotatable bonds is 45. The van der Waals surface area contributed by atoms with Crippen molar-refractivity contribution >= 4 is 13.8 Å². The molecule has 0 aromatic carbocycles. The van der Waals surface area contributed by atoms with Gasteiger partial charge < -0.3 is 18.9 Å². The van der Waals surface area contributed by atoms with E-state index in [2.05, 4.69) is 74.6 Å². The summed E-state index contributed by atoms with van der Waals surface area (Å²) in [5, 5.41) is 0. The Bertz CT molecular complexity index is 1140. The Hall–Kier alpha value is -1.80. The van der Waals surface area contributed by atoms with Gasteiger partial charge in [-0.2, -0.15) is 0 Å². The van der Waals surface area contributed by atoms with E-state index in [4.69, 9.17) is 18.5 Å². The van der Waals surface area contributed by atoms with Gasteiger partial charge in [-0.05, 0) is 51.4 Å². The first-order valence-electron chi connectivity index (χ1n) is 24.5. The zero-order chi connectivity index (χ0) is 44.1. The van der Waals surface area contributed by atoms with Crippen LogP contribution in [0.5, 0.6) is 0 Å². The number of phosphoric ester groups is 1. The van der Waals surface area contributed by atoms with Gasteiger partial charge in [0.1, 0.15) is 19.3 Å². The van der Waals surface area contributed by atoms with Crippen molar-refractivity contribution < 1.29 is 37.3 Å². The second-order valence-corrected chi connectivity index (χ2v) is 18.9. The maximum Gasteiger partial charge on any atom is 0.472 e. The van der Waals surface area contributed by atoms with Gasteiger partial charge in [0.2, 0.25) is 0 Å². The molecule has 0 aliphatic carbocycles. The number of esters is 1. The molecule has 0 saturated carbocycles. The number of nitrogens with zero attached hydrogens (tertiary/aromatic N) is 1. The van der Waals surface area contributed by atoms with Crippen molar-refractivity contribution in [1.29, 1.82) is 0 Å². The molecule has 0 amide bonds. The number of hydrogen-bond acceptors (Lipinski definition) is 6. The Labute approximate surface area is 370 Å². The van der Waals surface area contributed by atoms with E-state index in [1.807, 2.05) is 21.1 Å². The lowest BCUT2D eigenvalue weighted by molar-refractivity contribution is -0.870. The highest BCUT2D eigenvalue weighted by Crippen LogP contribution is 2.43. The molecule has 0 saturated heterocycles. The fraction of sp³-hybridized carbons (Fsp3) is 0.784. The number of unbranched alkanes of at least 4 members (excludes halogenated alkanes) is 21. The number of ether oxygens (including phenoxy) is 2. The minimum atomic E-state index is -4.29. The highest BCUT2D eigenvalue weighted by molar-refractivity contribution is 7.47. The Morgan fingerprint density at radius 1 is 0.533 bits per heavy atom. The average Bonchev–Trinajstić information content (AvgIpc) is 3.20. The van der Waals surface area contributed by atoms with Gasteiger partial charge in [0.05, 0.1) is 34.4 Å². The molecule has 0 bridgehead atoms. The van der Waals surface area contributed by atoms with Crippen molar-refractivity contribution in [3.63, 3.8) is 0 Å². The molecule has 2 atom stereocenters. The second kappa shape index (κ2) is 43.8. The number of carbonyl (C=O) groups excluding carboxylic acids is 1. The molecule has 0 aromatic rings. The fourth-order valence-electron chi connectivity index (χ4n) is 6.59. The van der Waals surface area contributed by atoms with Crippen LogP contribution >= 0.6 is 7.82 Å². The molecule has 60 heavy (non-hydrogen) atoms. The molecule has 0 radical (unpaired) electrons. The van der Waals surface area contributed by atoms with E-state index in [0.717, 1.165) is 51.4 Å². The largest absolute Gasteiger partial charge is 0.472 e. The van der Waals surface area contributed by atoms with Crippen LogP contribution in [0.25, 0.3) is 0 Å². The maximum atomic E-state index is 12.7. The molecule has 0 fully saturated rings. The molecule has 0 aliphatic rings. The fourth-order valence-corrected chi connectivity index (χ4v) is 7.33. The summed E-state index contributed by atoms with van der Waals surface area (Å²) >= 11 is 0. The van der Waals surface area contributed by atoms with E-state index in [9.17, 15) is 14.3 Å². The summed E-state index contributed by atoms with van der Waals surface area (Å²) < 4.78 is 35.0. The summed E-state index contributed by atoms with van der Waals surface area (Å²) in [7, 11) is 1.63. The Morgan fingerprint density at radius 3 is 1.38 bits per heavy atom. The van der Waals surface area contributed by atoms with Crippen LogP contribution < -0.4 is 0 Å². The third-order valence-electron chi connectivity index (χ3n) is 10.3. The predicted molar refractivity (Wildman–Crippen MR) is 256 cm³/mol. The lowest BCUT2D eigenvalue weighted by Crippen LogP contribution is -2.37. The Balaban J connectivity index is 4.22. The lowest BCUT2D eigenvalue weighted by atomic mass is 10.0. The zero-order valence-corrected chi connectivity index (χ0v) is 40.6. The van der Waals surface area contributed by atoms with E-state index >= 15 is 0 Å². The van der Waals surface area contributed by atoms with Crippen LogP contribution in [0, 0.1) is 0 Å². The summed E-state index contributed by atoms with van der Waals surface area (Å²) in [6.45, 7) is 5.45. The van der Waals surface area contributed by atoms with Crippen LogP contribution in [0.3, 0.4) is 0 Å². The predicted octanol–water partition coefficient (Wildman–Crippen LogP) is 14.9. The lowest BCUT2D eigenvalue weighted by Gasteiger charge is -2.24. The van der Waals surface area contributed by atoms with Gasteiger partial charge in [-0.15, -0.1) is 0 Å². The van der Waals surface area contributed by atoms with E-state index in [-0.39, 0.29) is 32.2 Å². The smallest absolute Gasteiger partial charge is 0.457 e. The van der Waals surface area contributed by atoms with E-state index in [1.165, 1.54) is 122 Å². The third-order valence-corrected chi connectivity index (χ3v) is 11.3. The van der Waals surface area contributed by atoms with Crippen molar-refractivity contribution in [3.05, 3.63) is 60.8 Å². The zero-order valence-electron chi connectivity index (χ0n) is 39.7. The molecule has 2 unspecified atom stereocenters. The van der Waals surface area contributed by atoms with Gasteiger partial charge in [0.15, 0.2) is 0 Å². The summed E-state index contributed by atoms with van der Waals surface area (Å²) in [6, 6.07) is 0. The maximum absolute atomic E-state index is 12.7. The molecule has 0 rings (SSSR count). The number of phosphoric acid groups is 1. The molecule has 0 spiro atoms. The number of hydrogen-bond donors (Lipinski definition) is 1. The summed E-state index contributed by atoms with van der Waals surface area (Å²) in [5.41, 5.74) is 0. The standard InChI is InChI=1S/C51H94NO7P/c1-6-8-10-12-14-16-18-20-22-24-25-26-27-29-31-33-35-37-39-41-43-46-56-48-50(49-58-60(54,55)57-47-45-52(3,4)5)59-51(53)44-42-40-38-36-34-32-30-28-23-21-19-17-15-13-11-9-7-2/h9,11,15,17,21,23,30,32,36,38,50H,6-8,10,12-14,16,18-20,22,24-29,31,33-35,37,39-49H2,1-5H3/p+1/b11-9-,17-15-,23-21-,32-30-,38-36-. The quantitative estimate of drug-likeness (QED) is 0.0214. The molecule has 9 heteroatoms. The number of quaternary nitrogens is 1. The first-order chi connectivity index (χ1) is 29.1. The Kier molecular flexibility index (Phi) is 42.5. The van der Waals surface area contributed by atoms with Crippen LogP contribution in [0.15, 0.2) is 60.8 Å². The first-order valence-corrected chi connectivity index (χ1v) is 26.0. The molecular formula is C51H95NO7P+. The highest BCUT2D eigenvalue weighted by atomic mass is 31.2. The minimum absolute atomic E-state index is 0.0769. The van der Waals surface area contributed by atoms with Crippen molar-refractivity contribution in [2.45, 2.75) is 206 Å². The normalized spacial score (nSPS) is 14.2. The van der Waals surface area contributed by atoms with Crippen LogP contribution in [-0.2, 0) is 27.9 Å². The molecule has 0 aliphatic heterocycles. The van der Waals surface area contributed by atoms with E-state index < -0.39 is 13.9 Å². The van der Waals surface area contributed by atoms with E-state index in [1.54, 1.807) is 0 Å². The van der Waals surface area contributed by atoms with Crippen molar-refractivity contribution in [1.82, 2.24) is 0 Å². The van der Waals surface area contributed by atoms with Crippen LogP contribution in [0.1, 0.15) is 200 Å². The molecular weight excluding hydrogens is 770 g/mol. The van der Waals surface area contributed by atoms with Crippen LogP contribution in [0.4, 0.5) is 0 Å². The molecule has 350 valence electrons. The van der Waals surface area contributed by atoms with Gasteiger partial charge in [-0.1, -0.05) is 203 Å². The second-order valence-electron chi connectivity index (χ2n) is 17.5. The highest BCUT2D eigenvalue weighted by Gasteiger charge is 2.26. The monoisotopic (exact) mass is 865 g/mol. The van der Waals surface area contributed by atoms with Gasteiger partial charge in [-0.25, -0.2) is 4.57 Å². The number of allylic oxidation sites excluding steroid dienone is 10. The summed E-state index contributed by atoms with van der Waals surface area (Å²) in [6.07, 6.45) is 55.6. The Morgan fingerprint density at radius 2 is 0.950 bits per heavy atom. The molecule has 0 heterocycles.